The smallest absolute Gasteiger partial charge is 0.433 e. The Morgan fingerprint density at radius 3 is 2.24 bits per heavy atom. The number of hydrogen-bond donors (Lipinski definition) is 2. The first-order valence-corrected chi connectivity index (χ1v) is 12.7. The van der Waals surface area contributed by atoms with Gasteiger partial charge in [-0.25, -0.2) is 14.8 Å². The molecular weight excluding hydrogens is 485 g/mol. The first-order chi connectivity index (χ1) is 17.4. The van der Waals surface area contributed by atoms with Crippen molar-refractivity contribution >= 4 is 17.8 Å². The van der Waals surface area contributed by atoms with Crippen LogP contribution < -0.4 is 5.32 Å². The van der Waals surface area contributed by atoms with Crippen LogP contribution in [0.15, 0.2) is 42.6 Å². The minimum absolute atomic E-state index is 0.218. The molecule has 0 bridgehead atoms. The van der Waals surface area contributed by atoms with Crippen molar-refractivity contribution in [2.75, 3.05) is 5.32 Å². The Balaban J connectivity index is 1.86. The second kappa shape index (κ2) is 10.3. The number of carbonyl (C=O) groups excluding carboxylic acids is 1. The van der Waals surface area contributed by atoms with Gasteiger partial charge in [-0.05, 0) is 29.9 Å². The second-order valence-corrected chi connectivity index (χ2v) is 11.0. The normalized spacial score (nSPS) is 25.2. The molecule has 10 heteroatoms. The number of nitrogens with zero attached hydrogens (tertiary/aromatic N) is 3. The number of amides is 1. The highest BCUT2D eigenvalue weighted by atomic mass is 19.4. The summed E-state index contributed by atoms with van der Waals surface area (Å²) in [5.74, 6) is -2.55. The molecule has 2 heterocycles. The van der Waals surface area contributed by atoms with Crippen LogP contribution in [0.3, 0.4) is 0 Å². The zero-order valence-electron chi connectivity index (χ0n) is 21.2. The van der Waals surface area contributed by atoms with E-state index in [1.807, 2.05) is 39.0 Å². The first-order valence-electron chi connectivity index (χ1n) is 12.7. The van der Waals surface area contributed by atoms with Gasteiger partial charge in [0.05, 0.1) is 12.1 Å². The number of anilines is 1. The number of hydrogen-bond acceptors (Lipinski definition) is 5. The molecule has 0 unspecified atom stereocenters. The minimum Gasteiger partial charge on any atom is -0.480 e. The average molecular weight is 519 g/mol. The third kappa shape index (κ3) is 5.57. The minimum atomic E-state index is -4.66. The number of nitrogens with one attached hydrogen (secondary N) is 1. The van der Waals surface area contributed by atoms with E-state index in [2.05, 4.69) is 15.3 Å². The summed E-state index contributed by atoms with van der Waals surface area (Å²) in [6.07, 6.45) is 0.591. The maximum Gasteiger partial charge on any atom is 0.433 e. The van der Waals surface area contributed by atoms with Crippen molar-refractivity contribution in [1.29, 1.82) is 0 Å². The lowest BCUT2D eigenvalue weighted by molar-refractivity contribution is -0.154. The number of carboxylic acids is 1. The predicted molar refractivity (Wildman–Crippen MR) is 131 cm³/mol. The van der Waals surface area contributed by atoms with Crippen LogP contribution in [-0.2, 0) is 15.8 Å². The van der Waals surface area contributed by atoms with Crippen molar-refractivity contribution < 1.29 is 27.9 Å². The number of benzene rings is 1. The lowest BCUT2D eigenvalue weighted by Gasteiger charge is -2.35. The van der Waals surface area contributed by atoms with Crippen LogP contribution in [-0.4, -0.2) is 43.9 Å². The summed E-state index contributed by atoms with van der Waals surface area (Å²) < 4.78 is 40.1. The molecule has 2 aliphatic rings. The molecule has 0 radical (unpaired) electrons. The molecule has 2 N–H and O–H groups in total. The van der Waals surface area contributed by atoms with Gasteiger partial charge in [0.25, 0.3) is 0 Å². The van der Waals surface area contributed by atoms with Gasteiger partial charge in [0.2, 0.25) is 11.9 Å². The second-order valence-electron chi connectivity index (χ2n) is 11.0. The van der Waals surface area contributed by atoms with E-state index in [4.69, 9.17) is 0 Å². The molecule has 2 aromatic rings. The number of aliphatic carboxylic acids is 1. The first kappa shape index (κ1) is 26.9. The van der Waals surface area contributed by atoms with Crippen molar-refractivity contribution in [2.45, 2.75) is 77.2 Å². The lowest BCUT2D eigenvalue weighted by atomic mass is 9.72. The van der Waals surface area contributed by atoms with Gasteiger partial charge < -0.3 is 15.3 Å². The van der Waals surface area contributed by atoms with Crippen molar-refractivity contribution in [2.24, 2.45) is 17.3 Å². The van der Waals surface area contributed by atoms with Crippen LogP contribution in [0.1, 0.15) is 70.2 Å². The Morgan fingerprint density at radius 2 is 1.68 bits per heavy atom. The van der Waals surface area contributed by atoms with E-state index in [1.54, 1.807) is 12.1 Å². The quantitative estimate of drug-likeness (QED) is 0.539. The van der Waals surface area contributed by atoms with Crippen LogP contribution in [0.5, 0.6) is 0 Å². The number of alkyl halides is 3. The summed E-state index contributed by atoms with van der Waals surface area (Å²) >= 11 is 0. The molecule has 200 valence electrons. The van der Waals surface area contributed by atoms with Crippen molar-refractivity contribution in [3.8, 4) is 0 Å². The zero-order valence-corrected chi connectivity index (χ0v) is 21.2. The Kier molecular flexibility index (Phi) is 7.48. The molecule has 4 atom stereocenters. The molecule has 1 aromatic carbocycles. The molecule has 1 amide bonds. The number of carbonyl (C=O) groups is 2. The molecule has 4 rings (SSSR count). The maximum atomic E-state index is 14.0. The van der Waals surface area contributed by atoms with Crippen LogP contribution in [0.4, 0.5) is 19.1 Å². The number of aromatic nitrogens is 2. The van der Waals surface area contributed by atoms with Crippen molar-refractivity contribution in [1.82, 2.24) is 14.9 Å². The maximum absolute atomic E-state index is 14.0. The third-order valence-electron chi connectivity index (χ3n) is 7.51. The summed E-state index contributed by atoms with van der Waals surface area (Å²) in [6, 6.07) is 7.18. The summed E-state index contributed by atoms with van der Waals surface area (Å²) in [6.45, 7) is 5.64. The van der Waals surface area contributed by atoms with Gasteiger partial charge in [-0.2, -0.15) is 13.2 Å². The van der Waals surface area contributed by atoms with Crippen LogP contribution in [0.25, 0.3) is 0 Å². The molecule has 1 aliphatic heterocycles. The molecule has 1 saturated carbocycles. The van der Waals surface area contributed by atoms with Gasteiger partial charge in [0, 0.05) is 18.0 Å². The number of likely N-dealkylation sites (tertiary alicyclic amines) is 1. The Hall–Kier alpha value is -3.17. The lowest BCUT2D eigenvalue weighted by Crippen LogP contribution is -2.49. The van der Waals surface area contributed by atoms with E-state index in [1.165, 1.54) is 4.90 Å². The fourth-order valence-corrected chi connectivity index (χ4v) is 5.95. The molecular formula is C27H33F3N4O3. The predicted octanol–water partition coefficient (Wildman–Crippen LogP) is 5.56. The molecule has 1 aromatic heterocycles. The van der Waals surface area contributed by atoms with Crippen LogP contribution >= 0.6 is 0 Å². The Labute approximate surface area is 214 Å². The van der Waals surface area contributed by atoms with Gasteiger partial charge >= 0.3 is 12.1 Å². The average Bonchev–Trinajstić information content (AvgIpc) is 3.20. The fraction of sp³-hybridized carbons (Fsp3) is 0.556. The topological polar surface area (TPSA) is 95.4 Å². The molecule has 1 aliphatic carbocycles. The largest absolute Gasteiger partial charge is 0.480 e. The van der Waals surface area contributed by atoms with Crippen LogP contribution in [0.2, 0.25) is 0 Å². The van der Waals surface area contributed by atoms with Crippen LogP contribution in [0, 0.1) is 17.3 Å². The number of carboxylic acid groups (broad SMARTS) is 1. The fourth-order valence-electron chi connectivity index (χ4n) is 5.95. The van der Waals surface area contributed by atoms with E-state index in [0.717, 1.165) is 31.5 Å². The molecule has 7 nitrogen and oxygen atoms in total. The zero-order chi connectivity index (χ0) is 27.0. The van der Waals surface area contributed by atoms with E-state index in [-0.39, 0.29) is 17.8 Å². The molecule has 37 heavy (non-hydrogen) atoms. The summed E-state index contributed by atoms with van der Waals surface area (Å²) in [4.78, 5) is 36.0. The van der Waals surface area contributed by atoms with Gasteiger partial charge in [-0.3, -0.25) is 4.79 Å². The van der Waals surface area contributed by atoms with Gasteiger partial charge in [-0.15, -0.1) is 0 Å². The highest BCUT2D eigenvalue weighted by Crippen LogP contribution is 2.50. The monoisotopic (exact) mass is 518 g/mol. The highest BCUT2D eigenvalue weighted by Gasteiger charge is 2.59. The summed E-state index contributed by atoms with van der Waals surface area (Å²) in [5.41, 5.74) is -1.03. The molecule has 2 fully saturated rings. The van der Waals surface area contributed by atoms with Crippen molar-refractivity contribution in [3.05, 3.63) is 53.9 Å². The van der Waals surface area contributed by atoms with E-state index in [9.17, 15) is 27.9 Å². The van der Waals surface area contributed by atoms with E-state index < -0.39 is 47.3 Å². The number of rotatable bonds is 5. The summed E-state index contributed by atoms with van der Waals surface area (Å²) in [5, 5.41) is 13.5. The third-order valence-corrected chi connectivity index (χ3v) is 7.51. The Morgan fingerprint density at radius 1 is 1.03 bits per heavy atom. The molecule has 1 saturated heterocycles. The highest BCUT2D eigenvalue weighted by molar-refractivity contribution is 5.87. The SMILES string of the molecule is CC(C)(C)[C@@H]1[C@@H](Nc2nccc(C(F)(F)F)n2)[C@@H](c2ccccc2)N(C(=O)C2CCCCC2)[C@H]1C(=O)O. The standard InChI is InChI=1S/C27H33F3N4O3/c1-26(2,3)19-20(33-25-31-15-14-18(32-25)27(28,29)30)21(16-10-6-4-7-11-16)34(22(19)24(36)37)23(35)17-12-8-5-9-13-17/h4,6-7,10-11,14-15,17,19-22H,5,8-9,12-13H2,1-3H3,(H,36,37)(H,31,32,33)/t19-,20-,21-,22-/m1/s1. The van der Waals surface area contributed by atoms with E-state index in [0.29, 0.717) is 18.4 Å². The van der Waals surface area contributed by atoms with Gasteiger partial charge in [0.15, 0.2) is 0 Å². The van der Waals surface area contributed by atoms with Gasteiger partial charge in [-0.1, -0.05) is 70.4 Å². The van der Waals surface area contributed by atoms with Gasteiger partial charge in [0.1, 0.15) is 11.7 Å². The van der Waals surface area contributed by atoms with E-state index >= 15 is 0 Å². The summed E-state index contributed by atoms with van der Waals surface area (Å²) in [7, 11) is 0. The number of halogens is 3. The molecule has 0 spiro atoms. The van der Waals surface area contributed by atoms with Crippen molar-refractivity contribution in [3.63, 3.8) is 0 Å². The Bertz CT molecular complexity index is 1110.